The van der Waals surface area contributed by atoms with E-state index in [1.807, 2.05) is 37.3 Å². The average Bonchev–Trinajstić information content (AvgIpc) is 2.64. The Hall–Kier alpha value is -2.05. The Balaban J connectivity index is 1.89. The van der Waals surface area contributed by atoms with E-state index in [4.69, 9.17) is 11.6 Å². The van der Waals surface area contributed by atoms with Gasteiger partial charge in [-0.15, -0.1) is 0 Å². The second kappa shape index (κ2) is 9.76. The predicted octanol–water partition coefficient (Wildman–Crippen LogP) is 3.77. The maximum Gasteiger partial charge on any atom is 0.232 e. The van der Waals surface area contributed by atoms with Crippen molar-refractivity contribution in [2.45, 2.75) is 32.7 Å². The molecular formula is C20H25ClN2O3S. The molecule has 146 valence electrons. The van der Waals surface area contributed by atoms with Crippen molar-refractivity contribution >= 4 is 33.2 Å². The van der Waals surface area contributed by atoms with E-state index in [0.29, 0.717) is 23.7 Å². The Morgan fingerprint density at radius 1 is 1.11 bits per heavy atom. The summed E-state index contributed by atoms with van der Waals surface area (Å²) in [5.74, 6) is -0.135. The Labute approximate surface area is 166 Å². The van der Waals surface area contributed by atoms with Gasteiger partial charge < -0.3 is 5.32 Å². The van der Waals surface area contributed by atoms with E-state index in [-0.39, 0.29) is 18.9 Å². The van der Waals surface area contributed by atoms with Crippen molar-refractivity contribution in [3.8, 4) is 0 Å². The number of benzene rings is 2. The molecule has 2 aromatic rings. The number of amides is 1. The molecule has 0 aliphatic carbocycles. The molecule has 0 aromatic heterocycles. The van der Waals surface area contributed by atoms with Gasteiger partial charge in [0.2, 0.25) is 15.9 Å². The van der Waals surface area contributed by atoms with Crippen LogP contribution in [0.4, 0.5) is 5.69 Å². The van der Waals surface area contributed by atoms with Crippen LogP contribution in [0.15, 0.2) is 48.5 Å². The fraction of sp³-hybridized carbons (Fsp3) is 0.350. The standard InChI is InChI=1S/C20H25ClN2O3S/c1-3-16-10-12-18(13-11-16)23(27(2,25)26)14-6-9-20(24)22-15-17-7-4-5-8-19(17)21/h4-5,7-8,10-13H,3,6,9,14-15H2,1-2H3,(H,22,24). The molecule has 0 aliphatic heterocycles. The van der Waals surface area contributed by atoms with E-state index in [2.05, 4.69) is 5.32 Å². The number of anilines is 1. The summed E-state index contributed by atoms with van der Waals surface area (Å²) >= 11 is 6.07. The normalized spacial score (nSPS) is 11.2. The third-order valence-electron chi connectivity index (χ3n) is 4.23. The SMILES string of the molecule is CCc1ccc(N(CCCC(=O)NCc2ccccc2Cl)S(C)(=O)=O)cc1. The zero-order chi connectivity index (χ0) is 19.9. The molecule has 0 atom stereocenters. The van der Waals surface area contributed by atoms with E-state index in [1.54, 1.807) is 18.2 Å². The van der Waals surface area contributed by atoms with Crippen molar-refractivity contribution in [3.05, 3.63) is 64.7 Å². The van der Waals surface area contributed by atoms with Crippen LogP contribution in [-0.2, 0) is 27.8 Å². The quantitative estimate of drug-likeness (QED) is 0.686. The van der Waals surface area contributed by atoms with Gasteiger partial charge in [0.25, 0.3) is 0 Å². The van der Waals surface area contributed by atoms with Crippen molar-refractivity contribution in [1.82, 2.24) is 5.32 Å². The number of nitrogens with zero attached hydrogens (tertiary/aromatic N) is 1. The summed E-state index contributed by atoms with van der Waals surface area (Å²) in [6.07, 6.45) is 2.74. The monoisotopic (exact) mass is 408 g/mol. The van der Waals surface area contributed by atoms with Crippen LogP contribution >= 0.6 is 11.6 Å². The van der Waals surface area contributed by atoms with Crippen LogP contribution in [0.25, 0.3) is 0 Å². The molecular weight excluding hydrogens is 384 g/mol. The van der Waals surface area contributed by atoms with Crippen LogP contribution in [0.1, 0.15) is 30.9 Å². The highest BCUT2D eigenvalue weighted by Gasteiger charge is 2.17. The van der Waals surface area contributed by atoms with Crippen LogP contribution in [-0.4, -0.2) is 27.1 Å². The maximum atomic E-state index is 12.1. The van der Waals surface area contributed by atoms with Crippen molar-refractivity contribution in [2.75, 3.05) is 17.1 Å². The van der Waals surface area contributed by atoms with Crippen LogP contribution in [0.5, 0.6) is 0 Å². The molecule has 0 fully saturated rings. The number of carbonyl (C=O) groups is 1. The van der Waals surface area contributed by atoms with Gasteiger partial charge in [-0.25, -0.2) is 8.42 Å². The fourth-order valence-electron chi connectivity index (χ4n) is 2.69. The average molecular weight is 409 g/mol. The van der Waals surface area contributed by atoms with Crippen molar-refractivity contribution < 1.29 is 13.2 Å². The highest BCUT2D eigenvalue weighted by atomic mass is 35.5. The summed E-state index contributed by atoms with van der Waals surface area (Å²) in [7, 11) is -3.41. The number of hydrogen-bond acceptors (Lipinski definition) is 3. The van der Waals surface area contributed by atoms with E-state index in [0.717, 1.165) is 17.5 Å². The zero-order valence-corrected chi connectivity index (χ0v) is 17.2. The van der Waals surface area contributed by atoms with Gasteiger partial charge in [-0.3, -0.25) is 9.10 Å². The molecule has 0 saturated carbocycles. The van der Waals surface area contributed by atoms with E-state index in [9.17, 15) is 13.2 Å². The zero-order valence-electron chi connectivity index (χ0n) is 15.6. The van der Waals surface area contributed by atoms with Gasteiger partial charge in [0, 0.05) is 24.5 Å². The number of nitrogens with one attached hydrogen (secondary N) is 1. The van der Waals surface area contributed by atoms with Crippen LogP contribution in [0, 0.1) is 0 Å². The number of hydrogen-bond donors (Lipinski definition) is 1. The number of aryl methyl sites for hydroxylation is 1. The van der Waals surface area contributed by atoms with E-state index >= 15 is 0 Å². The fourth-order valence-corrected chi connectivity index (χ4v) is 3.86. The lowest BCUT2D eigenvalue weighted by Gasteiger charge is -2.22. The molecule has 27 heavy (non-hydrogen) atoms. The first-order valence-corrected chi connectivity index (χ1v) is 11.1. The van der Waals surface area contributed by atoms with Gasteiger partial charge in [0.15, 0.2) is 0 Å². The molecule has 0 saturated heterocycles. The number of carbonyl (C=O) groups excluding carboxylic acids is 1. The van der Waals surface area contributed by atoms with E-state index < -0.39 is 10.0 Å². The number of sulfonamides is 1. The summed E-state index contributed by atoms with van der Waals surface area (Å²) in [4.78, 5) is 12.1. The maximum absolute atomic E-state index is 12.1. The lowest BCUT2D eigenvalue weighted by molar-refractivity contribution is -0.121. The summed E-state index contributed by atoms with van der Waals surface area (Å²) in [6.45, 7) is 2.65. The lowest BCUT2D eigenvalue weighted by Crippen LogP contribution is -2.32. The molecule has 0 aliphatic rings. The minimum Gasteiger partial charge on any atom is -0.352 e. The Kier molecular flexibility index (Phi) is 7.68. The van der Waals surface area contributed by atoms with Crippen LogP contribution < -0.4 is 9.62 Å². The van der Waals surface area contributed by atoms with Crippen LogP contribution in [0.2, 0.25) is 5.02 Å². The van der Waals surface area contributed by atoms with Gasteiger partial charge in [0.05, 0.1) is 11.9 Å². The predicted molar refractivity (Wildman–Crippen MR) is 111 cm³/mol. The molecule has 2 rings (SSSR count). The minimum atomic E-state index is -3.41. The van der Waals surface area contributed by atoms with Gasteiger partial charge in [-0.1, -0.05) is 48.9 Å². The van der Waals surface area contributed by atoms with Crippen molar-refractivity contribution in [3.63, 3.8) is 0 Å². The number of halogens is 1. The second-order valence-corrected chi connectivity index (χ2v) is 8.64. The molecule has 0 radical (unpaired) electrons. The van der Waals surface area contributed by atoms with Crippen molar-refractivity contribution in [2.24, 2.45) is 0 Å². The number of rotatable bonds is 9. The lowest BCUT2D eigenvalue weighted by atomic mass is 10.1. The van der Waals surface area contributed by atoms with Gasteiger partial charge >= 0.3 is 0 Å². The first-order valence-electron chi connectivity index (χ1n) is 8.88. The smallest absolute Gasteiger partial charge is 0.232 e. The summed E-state index contributed by atoms with van der Waals surface area (Å²) in [5.41, 5.74) is 2.61. The third-order valence-corrected chi connectivity index (χ3v) is 5.79. The third kappa shape index (κ3) is 6.56. The molecule has 1 amide bonds. The van der Waals surface area contributed by atoms with E-state index in [1.165, 1.54) is 10.6 Å². The first kappa shape index (κ1) is 21.3. The van der Waals surface area contributed by atoms with Gasteiger partial charge in [-0.2, -0.15) is 0 Å². The summed E-state index contributed by atoms with van der Waals surface area (Å²) < 4.78 is 25.6. The van der Waals surface area contributed by atoms with Crippen LogP contribution in [0.3, 0.4) is 0 Å². The van der Waals surface area contributed by atoms with Gasteiger partial charge in [-0.05, 0) is 42.2 Å². The second-order valence-electron chi connectivity index (χ2n) is 6.33. The Morgan fingerprint density at radius 3 is 2.37 bits per heavy atom. The molecule has 5 nitrogen and oxygen atoms in total. The van der Waals surface area contributed by atoms with Gasteiger partial charge in [0.1, 0.15) is 0 Å². The molecule has 1 N–H and O–H groups in total. The minimum absolute atomic E-state index is 0.135. The first-order chi connectivity index (χ1) is 12.8. The molecule has 0 heterocycles. The summed E-state index contributed by atoms with van der Waals surface area (Å²) in [5, 5.41) is 3.42. The topological polar surface area (TPSA) is 66.5 Å². The molecule has 7 heteroatoms. The largest absolute Gasteiger partial charge is 0.352 e. The molecule has 2 aromatic carbocycles. The van der Waals surface area contributed by atoms with Crippen molar-refractivity contribution in [1.29, 1.82) is 0 Å². The molecule has 0 unspecified atom stereocenters. The Bertz CT molecular complexity index is 867. The highest BCUT2D eigenvalue weighted by molar-refractivity contribution is 7.92. The summed E-state index contributed by atoms with van der Waals surface area (Å²) in [6, 6.07) is 14.8. The molecule has 0 spiro atoms. The Morgan fingerprint density at radius 2 is 1.78 bits per heavy atom. The molecule has 0 bridgehead atoms. The highest BCUT2D eigenvalue weighted by Crippen LogP contribution is 2.19.